The highest BCUT2D eigenvalue weighted by Gasteiger charge is 2.35. The van der Waals surface area contributed by atoms with E-state index in [4.69, 9.17) is 14.2 Å². The molecule has 42 heavy (non-hydrogen) atoms. The van der Waals surface area contributed by atoms with E-state index in [1.54, 1.807) is 38.4 Å². The predicted molar refractivity (Wildman–Crippen MR) is 153 cm³/mol. The summed E-state index contributed by atoms with van der Waals surface area (Å²) >= 11 is 0. The van der Waals surface area contributed by atoms with Gasteiger partial charge in [0.25, 0.3) is 0 Å². The zero-order chi connectivity index (χ0) is 30.7. The number of para-hydroxylation sites is 1. The molecular weight excluding hydrogens is 566 g/mol. The fourth-order valence-corrected chi connectivity index (χ4v) is 4.95. The van der Waals surface area contributed by atoms with Crippen LogP contribution < -0.4 is 9.46 Å². The Kier molecular flexibility index (Phi) is 8.81. The third kappa shape index (κ3) is 6.68. The van der Waals surface area contributed by atoms with E-state index in [1.807, 2.05) is 6.92 Å². The Balaban J connectivity index is 1.80. The fraction of sp³-hybridized carbons (Fsp3) is 0.370. The van der Waals surface area contributed by atoms with Gasteiger partial charge >= 0.3 is 0 Å². The Labute approximate surface area is 242 Å². The number of aromatic nitrogens is 5. The molecule has 0 amide bonds. The van der Waals surface area contributed by atoms with E-state index in [9.17, 15) is 18.6 Å². The maximum Gasteiger partial charge on any atom is 0.243 e. The number of anilines is 1. The second-order valence-electron chi connectivity index (χ2n) is 9.95. The molecule has 1 aromatic carbocycles. The van der Waals surface area contributed by atoms with Crippen molar-refractivity contribution in [3.05, 3.63) is 65.3 Å². The molecule has 0 bridgehead atoms. The predicted octanol–water partition coefficient (Wildman–Crippen LogP) is 2.45. The van der Waals surface area contributed by atoms with Crippen LogP contribution in [0.3, 0.4) is 0 Å². The van der Waals surface area contributed by atoms with Gasteiger partial charge in [-0.1, -0.05) is 11.8 Å². The molecule has 3 aromatic rings. The van der Waals surface area contributed by atoms with Crippen LogP contribution in [0.1, 0.15) is 44.1 Å². The summed E-state index contributed by atoms with van der Waals surface area (Å²) in [6.45, 7) is 6.34. The van der Waals surface area contributed by atoms with Crippen LogP contribution in [-0.2, 0) is 19.5 Å². The van der Waals surface area contributed by atoms with Gasteiger partial charge in [0.05, 0.1) is 18.8 Å². The lowest BCUT2D eigenvalue weighted by Gasteiger charge is -2.22. The van der Waals surface area contributed by atoms with Gasteiger partial charge in [0.15, 0.2) is 17.3 Å². The summed E-state index contributed by atoms with van der Waals surface area (Å²) in [5.74, 6) is -0.0929. The summed E-state index contributed by atoms with van der Waals surface area (Å²) in [6.07, 6.45) is 3.52. The topological polar surface area (TPSA) is 183 Å². The maximum absolute atomic E-state index is 13.6. The number of phenols is 1. The van der Waals surface area contributed by atoms with Crippen LogP contribution in [0.15, 0.2) is 53.1 Å². The molecule has 0 saturated heterocycles. The van der Waals surface area contributed by atoms with Crippen molar-refractivity contribution in [2.45, 2.75) is 44.6 Å². The third-order valence-electron chi connectivity index (χ3n) is 5.94. The van der Waals surface area contributed by atoms with E-state index in [1.165, 1.54) is 37.9 Å². The summed E-state index contributed by atoms with van der Waals surface area (Å²) in [7, 11) is -1.49. The first-order chi connectivity index (χ1) is 19.8. The standard InChI is InChI=1S/C27H31N7O7S/c1-16-13-28-24(29-14-16)23(40-6)17(2)42(37,38)33-26-32-31-25(34(26)22-19(35)10-8-11-20(22)39-5)18-9-7-12-21(30-18)41-15-27(3,4)36/h8,10-14,17,23,35-36H,15H2,1-6H3,(H,32,33)/t17-,23-/m0/s1. The second kappa shape index (κ2) is 12.1. The number of methoxy groups -OCH3 is 2. The second-order valence-corrected chi connectivity index (χ2v) is 12.0. The van der Waals surface area contributed by atoms with Crippen molar-refractivity contribution in [2.24, 2.45) is 4.99 Å². The largest absolute Gasteiger partial charge is 0.506 e. The number of rotatable bonds is 11. The number of aliphatic imine (C=N–C) groups is 1. The number of benzene rings is 1. The highest BCUT2D eigenvalue weighted by molar-refractivity contribution is 7.93. The number of aromatic hydroxyl groups is 1. The van der Waals surface area contributed by atoms with Crippen molar-refractivity contribution in [2.75, 3.05) is 25.5 Å². The van der Waals surface area contributed by atoms with Gasteiger partial charge in [-0.05, 0) is 51.1 Å². The molecule has 2 atom stereocenters. The van der Waals surface area contributed by atoms with Gasteiger partial charge in [-0.15, -0.1) is 10.2 Å². The third-order valence-corrected chi connectivity index (χ3v) is 7.63. The zero-order valence-corrected chi connectivity index (χ0v) is 24.7. The number of ether oxygens (including phenoxy) is 3. The summed E-state index contributed by atoms with van der Waals surface area (Å²) in [6, 6.07) is 4.52. The Morgan fingerprint density at radius 3 is 2.52 bits per heavy atom. The Hall–Kier alpha value is -4.52. The average Bonchev–Trinajstić information content (AvgIpc) is 3.35. The number of hydrogen-bond acceptors (Lipinski definition) is 12. The van der Waals surface area contributed by atoms with E-state index in [0.717, 1.165) is 5.56 Å². The SMILES string of the molecule is COc1cccc(O)c1-n1c(NS(=O)(=O)[C@@H](C)[C@H](OC)c2ncc(C)cn2)nnc1C1=C=C=CC(OCC(C)(C)O)=N1. The minimum atomic E-state index is -4.24. The van der Waals surface area contributed by atoms with E-state index in [0.29, 0.717) is 0 Å². The Bertz CT molecular complexity index is 1700. The summed E-state index contributed by atoms with van der Waals surface area (Å²) < 4.78 is 47.5. The molecule has 15 heteroatoms. The fourth-order valence-electron chi connectivity index (χ4n) is 3.82. The first kappa shape index (κ1) is 30.4. The van der Waals surface area contributed by atoms with E-state index >= 15 is 0 Å². The molecular formula is C27H31N7O7S. The smallest absolute Gasteiger partial charge is 0.243 e. The molecule has 0 radical (unpaired) electrons. The molecule has 3 N–H and O–H groups in total. The highest BCUT2D eigenvalue weighted by atomic mass is 32.2. The summed E-state index contributed by atoms with van der Waals surface area (Å²) in [4.78, 5) is 12.8. The molecule has 0 saturated carbocycles. The first-order valence-electron chi connectivity index (χ1n) is 12.6. The molecule has 1 aliphatic rings. The molecule has 14 nitrogen and oxygen atoms in total. The van der Waals surface area contributed by atoms with Crippen molar-refractivity contribution in [1.82, 2.24) is 24.7 Å². The van der Waals surface area contributed by atoms with Gasteiger partial charge in [0.2, 0.25) is 21.9 Å². The number of sulfonamides is 1. The number of aliphatic hydroxyl groups is 1. The van der Waals surface area contributed by atoms with Gasteiger partial charge < -0.3 is 24.4 Å². The van der Waals surface area contributed by atoms with Crippen molar-refractivity contribution in [1.29, 1.82) is 0 Å². The molecule has 0 unspecified atom stereocenters. The molecule has 1 aliphatic heterocycles. The van der Waals surface area contributed by atoms with E-state index < -0.39 is 27.0 Å². The molecule has 0 spiro atoms. The lowest BCUT2D eigenvalue weighted by atomic mass is 10.2. The van der Waals surface area contributed by atoms with Crippen molar-refractivity contribution >= 4 is 27.6 Å². The first-order valence-corrected chi connectivity index (χ1v) is 14.2. The number of hydrogen-bond donors (Lipinski definition) is 3. The molecule has 0 fully saturated rings. The van der Waals surface area contributed by atoms with Crippen LogP contribution in [0, 0.1) is 6.92 Å². The van der Waals surface area contributed by atoms with Crippen LogP contribution in [0.25, 0.3) is 11.4 Å². The minimum Gasteiger partial charge on any atom is -0.506 e. The monoisotopic (exact) mass is 597 g/mol. The summed E-state index contributed by atoms with van der Waals surface area (Å²) in [5, 5.41) is 27.9. The lowest BCUT2D eigenvalue weighted by molar-refractivity contribution is 0.0244. The lowest BCUT2D eigenvalue weighted by Crippen LogP contribution is -2.33. The molecule has 222 valence electrons. The van der Waals surface area contributed by atoms with Crippen molar-refractivity contribution < 1.29 is 32.8 Å². The molecule has 2 aromatic heterocycles. The van der Waals surface area contributed by atoms with Crippen LogP contribution in [0.2, 0.25) is 0 Å². The number of phenolic OH excluding ortho intramolecular Hbond substituents is 1. The van der Waals surface area contributed by atoms with Crippen molar-refractivity contribution in [3.8, 4) is 17.2 Å². The van der Waals surface area contributed by atoms with Crippen LogP contribution in [0.5, 0.6) is 11.5 Å². The summed E-state index contributed by atoms with van der Waals surface area (Å²) in [5.41, 5.74) is 5.34. The molecule has 4 rings (SSSR count). The van der Waals surface area contributed by atoms with Crippen LogP contribution >= 0.6 is 0 Å². The van der Waals surface area contributed by atoms with Gasteiger partial charge in [-0.25, -0.2) is 23.4 Å². The van der Waals surface area contributed by atoms with Gasteiger partial charge in [0, 0.05) is 19.5 Å². The van der Waals surface area contributed by atoms with E-state index in [-0.39, 0.29) is 53.0 Å². The average molecular weight is 598 g/mol. The van der Waals surface area contributed by atoms with Gasteiger partial charge in [-0.3, -0.25) is 9.29 Å². The van der Waals surface area contributed by atoms with Crippen LogP contribution in [-0.4, -0.2) is 80.9 Å². The zero-order valence-electron chi connectivity index (χ0n) is 23.9. The molecule has 3 heterocycles. The van der Waals surface area contributed by atoms with Gasteiger partial charge in [0.1, 0.15) is 35.1 Å². The maximum atomic E-state index is 13.6. The minimum absolute atomic E-state index is 0.0183. The Morgan fingerprint density at radius 1 is 1.17 bits per heavy atom. The number of nitrogens with zero attached hydrogens (tertiary/aromatic N) is 6. The molecule has 0 aliphatic carbocycles. The van der Waals surface area contributed by atoms with Crippen molar-refractivity contribution in [3.63, 3.8) is 0 Å². The van der Waals surface area contributed by atoms with Gasteiger partial charge in [-0.2, -0.15) is 0 Å². The van der Waals surface area contributed by atoms with E-state index in [2.05, 4.69) is 41.3 Å². The number of aryl methyl sites for hydroxylation is 1. The normalized spacial score (nSPS) is 14.6. The number of nitrogens with one attached hydrogen (secondary N) is 1. The highest BCUT2D eigenvalue weighted by Crippen LogP contribution is 2.37. The quantitative estimate of drug-likeness (QED) is 0.276. The Morgan fingerprint density at radius 2 is 1.88 bits per heavy atom. The van der Waals surface area contributed by atoms with Crippen LogP contribution in [0.4, 0.5) is 5.95 Å².